The van der Waals surface area contributed by atoms with Crippen LogP contribution in [0.15, 0.2) is 29.2 Å². The van der Waals surface area contributed by atoms with Crippen molar-refractivity contribution < 1.29 is 17.9 Å². The molecule has 1 aromatic rings. The lowest BCUT2D eigenvalue weighted by molar-refractivity contribution is -0.133. The van der Waals surface area contributed by atoms with Crippen molar-refractivity contribution in [2.45, 2.75) is 25.2 Å². The first-order chi connectivity index (χ1) is 11.8. The molecule has 0 aromatic heterocycles. The summed E-state index contributed by atoms with van der Waals surface area (Å²) >= 11 is 5.81. The molecule has 1 amide bonds. The Balaban J connectivity index is 1.84. The summed E-state index contributed by atoms with van der Waals surface area (Å²) in [4.78, 5) is 14.1. The van der Waals surface area contributed by atoms with Gasteiger partial charge in [0.05, 0.1) is 17.9 Å². The highest BCUT2D eigenvalue weighted by Gasteiger charge is 2.29. The van der Waals surface area contributed by atoms with Crippen molar-refractivity contribution in [2.75, 3.05) is 39.4 Å². The van der Waals surface area contributed by atoms with Crippen molar-refractivity contribution in [1.29, 1.82) is 0 Å². The van der Waals surface area contributed by atoms with Crippen molar-refractivity contribution in [2.24, 2.45) is 5.92 Å². The van der Waals surface area contributed by atoms with Crippen molar-refractivity contribution in [3.8, 4) is 0 Å². The lowest BCUT2D eigenvalue weighted by atomic mass is 10.2. The van der Waals surface area contributed by atoms with Crippen LogP contribution in [0.4, 0.5) is 0 Å². The molecule has 0 unspecified atom stereocenters. The maximum absolute atomic E-state index is 12.6. The van der Waals surface area contributed by atoms with Gasteiger partial charge >= 0.3 is 0 Å². The van der Waals surface area contributed by atoms with Gasteiger partial charge in [0.2, 0.25) is 15.9 Å². The zero-order valence-corrected chi connectivity index (χ0v) is 16.2. The van der Waals surface area contributed by atoms with Gasteiger partial charge in [0.1, 0.15) is 0 Å². The van der Waals surface area contributed by atoms with E-state index in [4.69, 9.17) is 16.3 Å². The average Bonchev–Trinajstić information content (AvgIpc) is 2.59. The minimum absolute atomic E-state index is 0.00676. The monoisotopic (exact) mass is 388 g/mol. The van der Waals surface area contributed by atoms with Crippen LogP contribution in [0.25, 0.3) is 0 Å². The SMILES string of the molecule is CC(C)COCCC(=O)N1CCN(S(=O)(=O)c2ccc(Cl)cc2)CC1. The van der Waals surface area contributed by atoms with Gasteiger partial charge in [-0.05, 0) is 30.2 Å². The number of rotatable bonds is 7. The van der Waals surface area contributed by atoms with Crippen LogP contribution in [-0.2, 0) is 19.6 Å². The molecular formula is C17H25ClN2O4S. The predicted molar refractivity (Wildman–Crippen MR) is 97.1 cm³/mol. The summed E-state index contributed by atoms with van der Waals surface area (Å²) in [6, 6.07) is 6.12. The number of hydrogen-bond acceptors (Lipinski definition) is 4. The van der Waals surface area contributed by atoms with Gasteiger partial charge in [-0.3, -0.25) is 4.79 Å². The molecule has 0 radical (unpaired) electrons. The van der Waals surface area contributed by atoms with Gasteiger partial charge in [-0.2, -0.15) is 4.31 Å². The number of sulfonamides is 1. The maximum Gasteiger partial charge on any atom is 0.243 e. The largest absolute Gasteiger partial charge is 0.381 e. The van der Waals surface area contributed by atoms with Gasteiger partial charge in [0.25, 0.3) is 0 Å². The van der Waals surface area contributed by atoms with Crippen LogP contribution in [-0.4, -0.2) is 62.9 Å². The summed E-state index contributed by atoms with van der Waals surface area (Å²) in [6.07, 6.45) is 0.330. The van der Waals surface area contributed by atoms with Crippen molar-refractivity contribution in [3.63, 3.8) is 0 Å². The molecule has 6 nitrogen and oxygen atoms in total. The summed E-state index contributed by atoms with van der Waals surface area (Å²) in [5.41, 5.74) is 0. The maximum atomic E-state index is 12.6. The lowest BCUT2D eigenvalue weighted by Crippen LogP contribution is -2.50. The second-order valence-corrected chi connectivity index (χ2v) is 8.83. The molecule has 1 heterocycles. The molecule has 25 heavy (non-hydrogen) atoms. The van der Waals surface area contributed by atoms with Crippen molar-refractivity contribution >= 4 is 27.5 Å². The van der Waals surface area contributed by atoms with Crippen LogP contribution < -0.4 is 0 Å². The Morgan fingerprint density at radius 1 is 1.16 bits per heavy atom. The molecule has 0 atom stereocenters. The number of piperazine rings is 1. The second kappa shape index (κ2) is 8.98. The highest BCUT2D eigenvalue weighted by Crippen LogP contribution is 2.20. The van der Waals surface area contributed by atoms with Gasteiger partial charge in [-0.15, -0.1) is 0 Å². The Morgan fingerprint density at radius 2 is 1.76 bits per heavy atom. The van der Waals surface area contributed by atoms with E-state index in [2.05, 4.69) is 13.8 Å². The van der Waals surface area contributed by atoms with Gasteiger partial charge in [-0.25, -0.2) is 8.42 Å². The van der Waals surface area contributed by atoms with E-state index >= 15 is 0 Å². The minimum atomic E-state index is -3.55. The van der Waals surface area contributed by atoms with Crippen LogP contribution in [0.1, 0.15) is 20.3 Å². The van der Waals surface area contributed by atoms with E-state index in [0.29, 0.717) is 56.8 Å². The zero-order valence-electron chi connectivity index (χ0n) is 14.7. The third-order valence-corrected chi connectivity index (χ3v) is 6.12. The fourth-order valence-electron chi connectivity index (χ4n) is 2.57. The van der Waals surface area contributed by atoms with Gasteiger partial charge in [0, 0.05) is 37.8 Å². The smallest absolute Gasteiger partial charge is 0.243 e. The molecule has 0 N–H and O–H groups in total. The normalized spacial score (nSPS) is 16.4. The Hall–Kier alpha value is -1.15. The van der Waals surface area contributed by atoms with Crippen LogP contribution >= 0.6 is 11.6 Å². The molecule has 1 aliphatic rings. The molecule has 2 rings (SSSR count). The number of carbonyl (C=O) groups is 1. The minimum Gasteiger partial charge on any atom is -0.381 e. The number of amides is 1. The molecule has 0 bridgehead atoms. The Morgan fingerprint density at radius 3 is 2.32 bits per heavy atom. The lowest BCUT2D eigenvalue weighted by Gasteiger charge is -2.34. The standard InChI is InChI=1S/C17H25ClN2O4S/c1-14(2)13-24-12-7-17(21)19-8-10-20(11-9-19)25(22,23)16-5-3-15(18)4-6-16/h3-6,14H,7-13H2,1-2H3. The van der Waals surface area contributed by atoms with Crippen LogP contribution in [0, 0.1) is 5.92 Å². The molecule has 1 aromatic carbocycles. The van der Waals surface area contributed by atoms with Crippen LogP contribution in [0.5, 0.6) is 0 Å². The van der Waals surface area contributed by atoms with Gasteiger partial charge in [0.15, 0.2) is 0 Å². The quantitative estimate of drug-likeness (QED) is 0.672. The van der Waals surface area contributed by atoms with Gasteiger partial charge < -0.3 is 9.64 Å². The number of carbonyl (C=O) groups excluding carboxylic acids is 1. The molecular weight excluding hydrogens is 364 g/mol. The topological polar surface area (TPSA) is 66.9 Å². The summed E-state index contributed by atoms with van der Waals surface area (Å²) < 4.78 is 32.1. The fraction of sp³-hybridized carbons (Fsp3) is 0.588. The van der Waals surface area contributed by atoms with Crippen molar-refractivity contribution in [1.82, 2.24) is 9.21 Å². The first-order valence-electron chi connectivity index (χ1n) is 8.42. The average molecular weight is 389 g/mol. The molecule has 1 aliphatic heterocycles. The van der Waals surface area contributed by atoms with Crippen LogP contribution in [0.3, 0.4) is 0 Å². The third kappa shape index (κ3) is 5.67. The van der Waals surface area contributed by atoms with E-state index < -0.39 is 10.0 Å². The summed E-state index contributed by atoms with van der Waals surface area (Å²) in [5, 5.41) is 0.494. The molecule has 1 fully saturated rings. The van der Waals surface area contributed by atoms with Crippen LogP contribution in [0.2, 0.25) is 5.02 Å². The van der Waals surface area contributed by atoms with Crippen molar-refractivity contribution in [3.05, 3.63) is 29.3 Å². The van der Waals surface area contributed by atoms with E-state index in [1.165, 1.54) is 16.4 Å². The zero-order chi connectivity index (χ0) is 18.4. The van der Waals surface area contributed by atoms with E-state index in [1.54, 1.807) is 17.0 Å². The molecule has 8 heteroatoms. The Bertz CT molecular complexity index is 668. The first-order valence-corrected chi connectivity index (χ1v) is 10.2. The molecule has 0 aliphatic carbocycles. The molecule has 0 spiro atoms. The Kier molecular flexibility index (Phi) is 7.25. The van der Waals surface area contributed by atoms with E-state index in [0.717, 1.165) is 0 Å². The highest BCUT2D eigenvalue weighted by molar-refractivity contribution is 7.89. The molecule has 0 saturated carbocycles. The highest BCUT2D eigenvalue weighted by atomic mass is 35.5. The summed E-state index contributed by atoms with van der Waals surface area (Å²) in [6.45, 7) is 6.55. The number of nitrogens with zero attached hydrogens (tertiary/aromatic N) is 2. The van der Waals surface area contributed by atoms with E-state index in [9.17, 15) is 13.2 Å². The van der Waals surface area contributed by atoms with E-state index in [1.807, 2.05) is 0 Å². The number of halogens is 1. The second-order valence-electron chi connectivity index (χ2n) is 6.46. The summed E-state index contributed by atoms with van der Waals surface area (Å²) in [5.74, 6) is 0.448. The Labute approximate surface area is 154 Å². The fourth-order valence-corrected chi connectivity index (χ4v) is 4.12. The molecule has 140 valence electrons. The summed E-state index contributed by atoms with van der Waals surface area (Å²) in [7, 11) is -3.55. The first kappa shape index (κ1) is 20.2. The number of ether oxygens (including phenoxy) is 1. The number of benzene rings is 1. The van der Waals surface area contributed by atoms with E-state index in [-0.39, 0.29) is 10.8 Å². The molecule has 1 saturated heterocycles. The van der Waals surface area contributed by atoms with Gasteiger partial charge in [-0.1, -0.05) is 25.4 Å². The third-order valence-electron chi connectivity index (χ3n) is 3.95. The number of hydrogen-bond donors (Lipinski definition) is 0. The predicted octanol–water partition coefficient (Wildman–Crippen LogP) is 2.24.